The molecule has 0 saturated carbocycles. The maximum absolute atomic E-state index is 13.5. The van der Waals surface area contributed by atoms with Crippen molar-refractivity contribution in [2.45, 2.75) is 45.7 Å². The van der Waals surface area contributed by atoms with E-state index >= 15 is 0 Å². The highest BCUT2D eigenvalue weighted by Crippen LogP contribution is 2.40. The van der Waals surface area contributed by atoms with Gasteiger partial charge in [-0.25, -0.2) is 0 Å². The largest absolute Gasteiger partial charge is 0.416 e. The van der Waals surface area contributed by atoms with Gasteiger partial charge >= 0.3 is 12.4 Å². The van der Waals surface area contributed by atoms with Crippen molar-refractivity contribution in [1.82, 2.24) is 4.90 Å². The number of carbonyl (C=O) groups excluding carboxylic acids is 1. The smallest absolute Gasteiger partial charge is 0.376 e. The number of likely N-dealkylation sites (N-methyl/N-ethyl adjacent to an activating group) is 1. The Bertz CT molecular complexity index is 999. The van der Waals surface area contributed by atoms with Crippen LogP contribution in [0.15, 0.2) is 48.5 Å². The van der Waals surface area contributed by atoms with Crippen LogP contribution in [0.4, 0.5) is 32.0 Å². The van der Waals surface area contributed by atoms with Crippen LogP contribution in [0, 0.1) is 5.41 Å². The Labute approximate surface area is 199 Å². The highest BCUT2D eigenvalue weighted by Gasteiger charge is 2.42. The van der Waals surface area contributed by atoms with Crippen molar-refractivity contribution in [1.29, 1.82) is 0 Å². The van der Waals surface area contributed by atoms with Crippen LogP contribution in [0.1, 0.15) is 37.5 Å². The first kappa shape index (κ1) is 27.4. The molecule has 1 atom stereocenters. The zero-order valence-electron chi connectivity index (χ0n) is 19.0. The lowest BCUT2D eigenvalue weighted by atomic mass is 9.84. The predicted molar refractivity (Wildman–Crippen MR) is 122 cm³/mol. The molecule has 2 N–H and O–H groups in total. The Balaban J connectivity index is 2.64. The summed E-state index contributed by atoms with van der Waals surface area (Å²) in [6, 6.07) is 8.65. The summed E-state index contributed by atoms with van der Waals surface area (Å²) in [6.07, 6.45) is -10.1. The maximum Gasteiger partial charge on any atom is 0.416 e. The molecule has 0 fully saturated rings. The summed E-state index contributed by atoms with van der Waals surface area (Å²) in [5.41, 5.74) is 1.97. The van der Waals surface area contributed by atoms with E-state index in [0.717, 1.165) is 10.5 Å². The van der Waals surface area contributed by atoms with Crippen molar-refractivity contribution >= 4 is 28.9 Å². The van der Waals surface area contributed by atoms with E-state index in [-0.39, 0.29) is 12.6 Å². The number of amides is 1. The highest BCUT2D eigenvalue weighted by atomic mass is 32.1. The fraction of sp³-hybridized carbons (Fsp3) is 0.391. The number of benzene rings is 2. The van der Waals surface area contributed by atoms with Crippen LogP contribution in [0.25, 0.3) is 0 Å². The number of rotatable bonds is 5. The molecule has 0 unspecified atom stereocenters. The second kappa shape index (κ2) is 9.81. The SMILES string of the molecule is CN(Cc1ccccc1)C(=O)[C@@H](N(C(N)=S)c1cc(C(F)(F)F)cc(C(F)(F)F)c1)C(C)(C)C. The fourth-order valence-corrected chi connectivity index (χ4v) is 3.70. The van der Waals surface area contributed by atoms with Crippen LogP contribution in [0.2, 0.25) is 0 Å². The first-order chi connectivity index (χ1) is 15.4. The third-order valence-corrected chi connectivity index (χ3v) is 5.24. The molecule has 0 radical (unpaired) electrons. The number of nitrogens with two attached hydrogens (primary N) is 1. The lowest BCUT2D eigenvalue weighted by Crippen LogP contribution is -2.57. The third kappa shape index (κ3) is 6.62. The number of hydrogen-bond acceptors (Lipinski definition) is 2. The van der Waals surface area contributed by atoms with E-state index in [9.17, 15) is 31.1 Å². The van der Waals surface area contributed by atoms with Crippen LogP contribution < -0.4 is 10.6 Å². The molecule has 0 aromatic heterocycles. The summed E-state index contributed by atoms with van der Waals surface area (Å²) in [5.74, 6) is -0.574. The summed E-state index contributed by atoms with van der Waals surface area (Å²) in [4.78, 5) is 15.7. The topological polar surface area (TPSA) is 49.6 Å². The van der Waals surface area contributed by atoms with Gasteiger partial charge in [0.05, 0.1) is 11.1 Å². The number of thiocarbonyl (C=S) groups is 1. The minimum Gasteiger partial charge on any atom is -0.376 e. The van der Waals surface area contributed by atoms with Crippen molar-refractivity contribution in [3.05, 3.63) is 65.2 Å². The third-order valence-electron chi connectivity index (χ3n) is 5.04. The molecule has 4 nitrogen and oxygen atoms in total. The number of carbonyl (C=O) groups is 1. The lowest BCUT2D eigenvalue weighted by molar-refractivity contribution is -0.143. The van der Waals surface area contributed by atoms with E-state index in [1.165, 1.54) is 11.9 Å². The van der Waals surface area contributed by atoms with E-state index in [4.69, 9.17) is 18.0 Å². The van der Waals surface area contributed by atoms with E-state index < -0.39 is 51.6 Å². The fourth-order valence-electron chi connectivity index (χ4n) is 3.49. The van der Waals surface area contributed by atoms with Crippen molar-refractivity contribution in [2.75, 3.05) is 11.9 Å². The van der Waals surface area contributed by atoms with Crippen LogP contribution in [0.5, 0.6) is 0 Å². The second-order valence-electron chi connectivity index (χ2n) is 8.92. The Morgan fingerprint density at radius 3 is 1.79 bits per heavy atom. The van der Waals surface area contributed by atoms with Crippen molar-refractivity contribution in [2.24, 2.45) is 11.1 Å². The molecular weight excluding hydrogens is 480 g/mol. The van der Waals surface area contributed by atoms with Crippen LogP contribution >= 0.6 is 12.2 Å². The summed E-state index contributed by atoms with van der Waals surface area (Å²) < 4.78 is 80.6. The average molecular weight is 506 g/mol. The monoisotopic (exact) mass is 505 g/mol. The molecule has 186 valence electrons. The van der Waals surface area contributed by atoms with Gasteiger partial charge in [0.25, 0.3) is 0 Å². The normalized spacial score (nSPS) is 13.4. The molecule has 11 heteroatoms. The molecule has 2 rings (SSSR count). The number of anilines is 1. The minimum atomic E-state index is -5.07. The summed E-state index contributed by atoms with van der Waals surface area (Å²) in [7, 11) is 1.49. The maximum atomic E-state index is 13.5. The van der Waals surface area contributed by atoms with Crippen LogP contribution in [-0.2, 0) is 23.7 Å². The molecule has 0 heterocycles. The van der Waals surface area contributed by atoms with Crippen molar-refractivity contribution < 1.29 is 31.1 Å². The molecule has 34 heavy (non-hydrogen) atoms. The van der Waals surface area contributed by atoms with Crippen molar-refractivity contribution in [3.63, 3.8) is 0 Å². The van der Waals surface area contributed by atoms with E-state index in [0.29, 0.717) is 12.1 Å². The van der Waals surface area contributed by atoms with E-state index in [1.807, 2.05) is 0 Å². The summed E-state index contributed by atoms with van der Waals surface area (Å²) in [5, 5.41) is -0.533. The lowest BCUT2D eigenvalue weighted by Gasteiger charge is -2.41. The van der Waals surface area contributed by atoms with E-state index in [2.05, 4.69) is 0 Å². The predicted octanol–water partition coefficient (Wildman–Crippen LogP) is 5.85. The molecule has 0 bridgehead atoms. The zero-order chi connectivity index (χ0) is 26.1. The Hall–Kier alpha value is -2.82. The van der Waals surface area contributed by atoms with Gasteiger partial charge in [-0.15, -0.1) is 0 Å². The molecule has 0 aliphatic carbocycles. The standard InChI is InChI=1S/C23H25F6N3OS/c1-21(2,3)18(19(33)31(4)13-14-8-6-5-7-9-14)32(20(30)34)17-11-15(22(24,25)26)10-16(12-17)23(27,28)29/h5-12,18H,13H2,1-4H3,(H2,30,34)/t18-/m1/s1. The quantitative estimate of drug-likeness (QED) is 0.409. The van der Waals surface area contributed by atoms with Gasteiger partial charge in [-0.05, 0) is 41.4 Å². The Kier molecular flexibility index (Phi) is 7.91. The zero-order valence-corrected chi connectivity index (χ0v) is 19.8. The van der Waals surface area contributed by atoms with Gasteiger partial charge in [0.2, 0.25) is 5.91 Å². The first-order valence-corrected chi connectivity index (χ1v) is 10.5. The summed E-state index contributed by atoms with van der Waals surface area (Å²) >= 11 is 5.02. The van der Waals surface area contributed by atoms with Crippen LogP contribution in [0.3, 0.4) is 0 Å². The molecule has 0 spiro atoms. The number of alkyl halides is 6. The molecule has 0 saturated heterocycles. The Morgan fingerprint density at radius 1 is 0.941 bits per heavy atom. The van der Waals surface area contributed by atoms with Crippen LogP contribution in [-0.4, -0.2) is 29.0 Å². The molecule has 0 aliphatic rings. The molecule has 2 aromatic carbocycles. The van der Waals surface area contributed by atoms with E-state index in [1.54, 1.807) is 51.1 Å². The number of nitrogens with zero attached hydrogens (tertiary/aromatic N) is 2. The molecule has 1 amide bonds. The molecule has 2 aromatic rings. The van der Waals surface area contributed by atoms with Gasteiger partial charge < -0.3 is 15.5 Å². The highest BCUT2D eigenvalue weighted by molar-refractivity contribution is 7.80. The molecule has 0 aliphatic heterocycles. The van der Waals surface area contributed by atoms with Gasteiger partial charge in [-0.3, -0.25) is 4.79 Å². The van der Waals surface area contributed by atoms with Gasteiger partial charge in [0.1, 0.15) is 6.04 Å². The Morgan fingerprint density at radius 2 is 1.41 bits per heavy atom. The summed E-state index contributed by atoms with van der Waals surface area (Å²) in [6.45, 7) is 5.02. The van der Waals surface area contributed by atoms with Crippen molar-refractivity contribution in [3.8, 4) is 0 Å². The average Bonchev–Trinajstić information content (AvgIpc) is 2.69. The van der Waals surface area contributed by atoms with Gasteiger partial charge in [0.15, 0.2) is 5.11 Å². The minimum absolute atomic E-state index is 0.0106. The second-order valence-corrected chi connectivity index (χ2v) is 9.34. The molecular formula is C23H25F6N3OS. The number of hydrogen-bond donors (Lipinski definition) is 1. The van der Waals surface area contributed by atoms with Gasteiger partial charge in [0, 0.05) is 19.3 Å². The number of halogens is 6. The van der Waals surface area contributed by atoms with Gasteiger partial charge in [-0.1, -0.05) is 51.1 Å². The van der Waals surface area contributed by atoms with Gasteiger partial charge in [-0.2, -0.15) is 26.3 Å². The first-order valence-electron chi connectivity index (χ1n) is 10.1.